The number of H-pyrrole nitrogens is 1. The second-order valence-electron chi connectivity index (χ2n) is 12.2. The fraction of sp³-hybridized carbons (Fsp3) is 0.0952. The standard InChI is InChI=1S/C42H32N3P/c1-4-12-28(13-5-1)41-35-22-20-30(43-35)26-39-33-18-10-11-19-34(33)40(46(39)32-16-8-3-9-17-32)27-31-21-23-36(44-31)42(29-14-6-2-7-15-29)38-25-24-37(41)45-38/h1-9,12-17,20-27,45H,10-11,18-19H2. The van der Waals surface area contributed by atoms with Crippen molar-refractivity contribution in [2.24, 2.45) is 0 Å². The molecule has 8 bridgehead atoms. The number of hydrogen-bond acceptors (Lipinski definition) is 2. The lowest BCUT2D eigenvalue weighted by Crippen LogP contribution is -1.99. The Kier molecular flexibility index (Phi) is 6.65. The number of aromatic amines is 1. The number of aromatic nitrogens is 3. The van der Waals surface area contributed by atoms with Crippen LogP contribution in [0.4, 0.5) is 0 Å². The summed E-state index contributed by atoms with van der Waals surface area (Å²) in [7, 11) is -0.740. The molecule has 0 spiro atoms. The van der Waals surface area contributed by atoms with Crippen LogP contribution in [0.5, 0.6) is 0 Å². The van der Waals surface area contributed by atoms with Crippen molar-refractivity contribution in [2.75, 3.05) is 0 Å². The van der Waals surface area contributed by atoms with E-state index in [9.17, 15) is 0 Å². The molecule has 3 aromatic heterocycles. The zero-order chi connectivity index (χ0) is 30.5. The van der Waals surface area contributed by atoms with E-state index in [0.29, 0.717) is 0 Å². The third-order valence-electron chi connectivity index (χ3n) is 9.34. The summed E-state index contributed by atoms with van der Waals surface area (Å²) in [5.41, 5.74) is 13.6. The van der Waals surface area contributed by atoms with Gasteiger partial charge in [-0.25, -0.2) is 9.97 Å². The van der Waals surface area contributed by atoms with Gasteiger partial charge in [0.15, 0.2) is 0 Å². The van der Waals surface area contributed by atoms with Gasteiger partial charge < -0.3 is 4.98 Å². The fourth-order valence-electron chi connectivity index (χ4n) is 7.28. The topological polar surface area (TPSA) is 41.6 Å². The van der Waals surface area contributed by atoms with E-state index < -0.39 is 7.53 Å². The summed E-state index contributed by atoms with van der Waals surface area (Å²) in [5.74, 6) is 0. The first-order valence-corrected chi connectivity index (χ1v) is 17.5. The molecule has 46 heavy (non-hydrogen) atoms. The van der Waals surface area contributed by atoms with Crippen LogP contribution in [0.25, 0.3) is 73.1 Å². The molecular formula is C42H32N3P. The SMILES string of the molecule is C1=Cc2nc1cc1c3c(c(cc4nc(c(-c5ccccc5)c5ccc([nH]5)c2-c2ccccc2)C=C4)p1-c1ccccc1)CCCC3. The first-order chi connectivity index (χ1) is 22.8. The summed E-state index contributed by atoms with van der Waals surface area (Å²) in [6.07, 6.45) is 13.5. The summed E-state index contributed by atoms with van der Waals surface area (Å²) >= 11 is 0. The van der Waals surface area contributed by atoms with Crippen LogP contribution in [0, 0.1) is 0 Å². The Morgan fingerprint density at radius 2 is 0.957 bits per heavy atom. The monoisotopic (exact) mass is 609 g/mol. The molecule has 0 unspecified atom stereocenters. The van der Waals surface area contributed by atoms with Crippen molar-refractivity contribution in [3.63, 3.8) is 0 Å². The van der Waals surface area contributed by atoms with Gasteiger partial charge in [-0.3, -0.25) is 0 Å². The average Bonchev–Trinajstić information content (AvgIpc) is 3.92. The molecule has 9 rings (SSSR count). The third kappa shape index (κ3) is 4.67. The minimum Gasteiger partial charge on any atom is -0.354 e. The molecule has 1 N–H and O–H groups in total. The number of nitrogens with one attached hydrogen (secondary N) is 1. The number of aryl methyl sites for hydroxylation is 2. The van der Waals surface area contributed by atoms with Crippen LogP contribution in [-0.4, -0.2) is 15.0 Å². The maximum Gasteiger partial charge on any atom is 0.0736 e. The molecule has 0 saturated carbocycles. The van der Waals surface area contributed by atoms with Crippen LogP contribution >= 0.6 is 7.53 Å². The molecule has 5 heterocycles. The quantitative estimate of drug-likeness (QED) is 0.216. The minimum atomic E-state index is -0.740. The molecule has 6 aromatic rings. The van der Waals surface area contributed by atoms with Crippen molar-refractivity contribution in [1.82, 2.24) is 15.0 Å². The lowest BCUT2D eigenvalue weighted by molar-refractivity contribution is 0.696. The normalized spacial score (nSPS) is 13.6. The smallest absolute Gasteiger partial charge is 0.0736 e. The number of fused-ring (bicyclic) bond motifs is 11. The highest BCUT2D eigenvalue weighted by Crippen LogP contribution is 2.55. The molecule has 3 aromatic carbocycles. The Labute approximate surface area is 269 Å². The zero-order valence-corrected chi connectivity index (χ0v) is 26.3. The molecule has 3 aliphatic rings. The molecule has 2 aliphatic heterocycles. The Bertz CT molecular complexity index is 2200. The predicted octanol–water partition coefficient (Wildman–Crippen LogP) is 11.5. The summed E-state index contributed by atoms with van der Waals surface area (Å²) in [6, 6.07) is 41.5. The van der Waals surface area contributed by atoms with Crippen molar-refractivity contribution >= 4 is 53.1 Å². The van der Waals surface area contributed by atoms with E-state index in [-0.39, 0.29) is 0 Å². The maximum absolute atomic E-state index is 5.32. The molecule has 220 valence electrons. The largest absolute Gasteiger partial charge is 0.354 e. The summed E-state index contributed by atoms with van der Waals surface area (Å²) in [6.45, 7) is 0. The van der Waals surface area contributed by atoms with E-state index in [1.54, 1.807) is 0 Å². The molecule has 0 fully saturated rings. The Morgan fingerprint density at radius 1 is 0.500 bits per heavy atom. The predicted molar refractivity (Wildman–Crippen MR) is 196 cm³/mol. The second kappa shape index (κ2) is 11.3. The van der Waals surface area contributed by atoms with Crippen molar-refractivity contribution in [3.8, 4) is 27.6 Å². The Hall–Kier alpha value is -5.24. The molecule has 0 radical (unpaired) electrons. The highest BCUT2D eigenvalue weighted by molar-refractivity contribution is 7.67. The van der Waals surface area contributed by atoms with Crippen LogP contribution in [0.1, 0.15) is 46.7 Å². The van der Waals surface area contributed by atoms with Gasteiger partial charge in [0.1, 0.15) is 0 Å². The van der Waals surface area contributed by atoms with Crippen LogP contribution in [0.15, 0.2) is 115 Å². The van der Waals surface area contributed by atoms with Gasteiger partial charge in [-0.2, -0.15) is 0 Å². The fourth-order valence-corrected chi connectivity index (χ4v) is 10.1. The van der Waals surface area contributed by atoms with Gasteiger partial charge in [0.05, 0.1) is 22.8 Å². The Balaban J connectivity index is 1.48. The number of hydrogen-bond donors (Lipinski definition) is 1. The van der Waals surface area contributed by atoms with E-state index in [0.717, 1.165) is 68.9 Å². The van der Waals surface area contributed by atoms with E-state index >= 15 is 0 Å². The molecule has 0 amide bonds. The highest BCUT2D eigenvalue weighted by Gasteiger charge is 2.22. The third-order valence-corrected chi connectivity index (χ3v) is 11.9. The van der Waals surface area contributed by atoms with Gasteiger partial charge in [-0.15, -0.1) is 0 Å². The summed E-state index contributed by atoms with van der Waals surface area (Å²) < 4.78 is 0. The first-order valence-electron chi connectivity index (χ1n) is 16.1. The van der Waals surface area contributed by atoms with Gasteiger partial charge in [0.25, 0.3) is 0 Å². The molecule has 1 aliphatic carbocycles. The van der Waals surface area contributed by atoms with Crippen LogP contribution < -0.4 is 0 Å². The molecule has 4 heteroatoms. The lowest BCUT2D eigenvalue weighted by atomic mass is 9.93. The lowest BCUT2D eigenvalue weighted by Gasteiger charge is -2.11. The van der Waals surface area contributed by atoms with Crippen LogP contribution in [0.3, 0.4) is 0 Å². The van der Waals surface area contributed by atoms with E-state index in [1.807, 2.05) is 0 Å². The maximum atomic E-state index is 5.32. The Morgan fingerprint density at radius 3 is 1.43 bits per heavy atom. The van der Waals surface area contributed by atoms with Crippen molar-refractivity contribution < 1.29 is 0 Å². The van der Waals surface area contributed by atoms with Gasteiger partial charge >= 0.3 is 0 Å². The second-order valence-corrected chi connectivity index (χ2v) is 14.3. The van der Waals surface area contributed by atoms with E-state index in [1.165, 1.54) is 39.5 Å². The van der Waals surface area contributed by atoms with E-state index in [4.69, 9.17) is 9.97 Å². The molecular weight excluding hydrogens is 577 g/mol. The summed E-state index contributed by atoms with van der Waals surface area (Å²) in [4.78, 5) is 14.4. The van der Waals surface area contributed by atoms with Crippen LogP contribution in [-0.2, 0) is 12.8 Å². The number of nitrogens with zero attached hydrogens (tertiary/aromatic N) is 2. The van der Waals surface area contributed by atoms with E-state index in [2.05, 4.69) is 145 Å². The number of benzene rings is 3. The van der Waals surface area contributed by atoms with Gasteiger partial charge in [-0.05, 0) is 102 Å². The van der Waals surface area contributed by atoms with Crippen molar-refractivity contribution in [2.45, 2.75) is 25.7 Å². The highest BCUT2D eigenvalue weighted by atomic mass is 31.1. The van der Waals surface area contributed by atoms with Crippen LogP contribution in [0.2, 0.25) is 0 Å². The summed E-state index contributed by atoms with van der Waals surface area (Å²) in [5, 5.41) is 4.28. The van der Waals surface area contributed by atoms with Crippen molar-refractivity contribution in [3.05, 3.63) is 149 Å². The zero-order valence-electron chi connectivity index (χ0n) is 25.4. The molecule has 0 atom stereocenters. The van der Waals surface area contributed by atoms with Gasteiger partial charge in [0.2, 0.25) is 0 Å². The van der Waals surface area contributed by atoms with Gasteiger partial charge in [0, 0.05) is 32.4 Å². The molecule has 0 saturated heterocycles. The van der Waals surface area contributed by atoms with Gasteiger partial charge in [-0.1, -0.05) is 98.5 Å². The first kappa shape index (κ1) is 27.1. The van der Waals surface area contributed by atoms with Crippen molar-refractivity contribution in [1.29, 1.82) is 0 Å². The minimum absolute atomic E-state index is 0.740. The average molecular weight is 610 g/mol. The molecule has 3 nitrogen and oxygen atoms in total. The number of rotatable bonds is 3.